The molecular weight excluding hydrogens is 348 g/mol. The van der Waals surface area contributed by atoms with Gasteiger partial charge in [-0.2, -0.15) is 0 Å². The van der Waals surface area contributed by atoms with Crippen LogP contribution in [0.15, 0.2) is 48.5 Å². The number of nitriles is 2. The Kier molecular flexibility index (Phi) is 6.35. The maximum Gasteiger partial charge on any atom is 0.292 e. The van der Waals surface area contributed by atoms with Gasteiger partial charge in [0.2, 0.25) is 0 Å². The Morgan fingerprint density at radius 3 is 2.32 bits per heavy atom. The van der Waals surface area contributed by atoms with Crippen LogP contribution < -0.4 is 9.47 Å². The first kappa shape index (κ1) is 19.5. The predicted octanol–water partition coefficient (Wildman–Crippen LogP) is 6.27. The van der Waals surface area contributed by atoms with Gasteiger partial charge >= 0.3 is 0 Å². The van der Waals surface area contributed by atoms with Gasteiger partial charge in [0, 0.05) is 0 Å². The van der Waals surface area contributed by atoms with Crippen molar-refractivity contribution in [2.24, 2.45) is 0 Å². The van der Waals surface area contributed by atoms with E-state index in [-0.39, 0.29) is 0 Å². The zero-order valence-electron chi connectivity index (χ0n) is 16.3. The molecule has 3 rings (SSSR count). The first-order chi connectivity index (χ1) is 13.7. The third-order valence-corrected chi connectivity index (χ3v) is 5.60. The van der Waals surface area contributed by atoms with Gasteiger partial charge in [0.1, 0.15) is 11.5 Å². The monoisotopic (exact) mass is 372 g/mol. The highest BCUT2D eigenvalue weighted by Crippen LogP contribution is 2.40. The Balaban J connectivity index is 1.80. The molecule has 4 nitrogen and oxygen atoms in total. The minimum atomic E-state index is 0.406. The number of ether oxygens (including phenoxy) is 2. The lowest BCUT2D eigenvalue weighted by Gasteiger charge is -2.25. The van der Waals surface area contributed by atoms with E-state index in [4.69, 9.17) is 20.0 Å². The molecule has 0 saturated heterocycles. The van der Waals surface area contributed by atoms with E-state index in [2.05, 4.69) is 38.1 Å². The zero-order chi connectivity index (χ0) is 19.9. The minimum absolute atomic E-state index is 0.406. The van der Waals surface area contributed by atoms with Gasteiger partial charge in [-0.25, -0.2) is 0 Å². The fourth-order valence-electron chi connectivity index (χ4n) is 3.82. The molecule has 0 heterocycles. The summed E-state index contributed by atoms with van der Waals surface area (Å²) in [4.78, 5) is 0. The highest BCUT2D eigenvalue weighted by Gasteiger charge is 2.20. The van der Waals surface area contributed by atoms with Crippen LogP contribution in [0.1, 0.15) is 68.1 Å². The van der Waals surface area contributed by atoms with Crippen LogP contribution in [0, 0.1) is 23.0 Å². The summed E-state index contributed by atoms with van der Waals surface area (Å²) >= 11 is 0. The Morgan fingerprint density at radius 1 is 1.04 bits per heavy atom. The van der Waals surface area contributed by atoms with E-state index in [1.165, 1.54) is 22.3 Å². The molecule has 142 valence electrons. The normalized spacial score (nSPS) is 17.0. The Labute approximate surface area is 166 Å². The number of hydrogen-bond donors (Lipinski definition) is 0. The second-order valence-electron chi connectivity index (χ2n) is 7.21. The summed E-state index contributed by atoms with van der Waals surface area (Å²) < 4.78 is 9.90. The van der Waals surface area contributed by atoms with Gasteiger partial charge in [-0.1, -0.05) is 38.1 Å². The van der Waals surface area contributed by atoms with Crippen LogP contribution in [0.25, 0.3) is 5.57 Å². The first-order valence-corrected chi connectivity index (χ1v) is 9.71. The summed E-state index contributed by atoms with van der Waals surface area (Å²) in [5.41, 5.74) is 5.17. The summed E-state index contributed by atoms with van der Waals surface area (Å²) in [6.07, 6.45) is 9.94. The third kappa shape index (κ3) is 4.35. The number of nitrogens with zero attached hydrogens (tertiary/aromatic N) is 2. The first-order valence-electron chi connectivity index (χ1n) is 9.71. The number of hydrogen-bond acceptors (Lipinski definition) is 4. The van der Waals surface area contributed by atoms with E-state index in [0.717, 1.165) is 25.7 Å². The van der Waals surface area contributed by atoms with Crippen molar-refractivity contribution in [1.29, 1.82) is 10.5 Å². The van der Waals surface area contributed by atoms with E-state index in [1.54, 1.807) is 12.5 Å². The maximum atomic E-state index is 8.80. The summed E-state index contributed by atoms with van der Waals surface area (Å²) in [5, 5.41) is 17.4. The van der Waals surface area contributed by atoms with Crippen LogP contribution in [0.4, 0.5) is 0 Å². The molecule has 2 aromatic rings. The molecule has 2 unspecified atom stereocenters. The summed E-state index contributed by atoms with van der Waals surface area (Å²) in [5.74, 6) is 2.07. The number of rotatable bonds is 6. The SMILES string of the molecule is CCC(C)c1cc(OC#N)ccc1C1=CCC(c2ccc(OC#N)cc2)CC1. The smallest absolute Gasteiger partial charge is 0.292 e. The van der Waals surface area contributed by atoms with E-state index in [9.17, 15) is 0 Å². The van der Waals surface area contributed by atoms with Crippen molar-refractivity contribution in [2.45, 2.75) is 51.4 Å². The molecule has 4 heteroatoms. The van der Waals surface area contributed by atoms with Gasteiger partial charge in [-0.3, -0.25) is 0 Å². The highest BCUT2D eigenvalue weighted by atomic mass is 16.5. The zero-order valence-corrected chi connectivity index (χ0v) is 16.3. The molecule has 0 N–H and O–H groups in total. The predicted molar refractivity (Wildman–Crippen MR) is 109 cm³/mol. The third-order valence-electron chi connectivity index (χ3n) is 5.60. The van der Waals surface area contributed by atoms with Crippen LogP contribution in [-0.2, 0) is 0 Å². The molecule has 0 saturated carbocycles. The molecule has 0 bridgehead atoms. The highest BCUT2D eigenvalue weighted by molar-refractivity contribution is 5.70. The van der Waals surface area contributed by atoms with Crippen molar-refractivity contribution in [1.82, 2.24) is 0 Å². The maximum absolute atomic E-state index is 8.80. The molecule has 1 aliphatic rings. The van der Waals surface area contributed by atoms with Crippen LogP contribution >= 0.6 is 0 Å². The lowest BCUT2D eigenvalue weighted by molar-refractivity contribution is 0.505. The fourth-order valence-corrected chi connectivity index (χ4v) is 3.82. The molecule has 0 aromatic heterocycles. The number of benzene rings is 2. The van der Waals surface area contributed by atoms with Crippen molar-refractivity contribution >= 4 is 5.57 Å². The average molecular weight is 372 g/mol. The van der Waals surface area contributed by atoms with Gasteiger partial charge < -0.3 is 9.47 Å². The Bertz CT molecular complexity index is 933. The van der Waals surface area contributed by atoms with Crippen LogP contribution in [-0.4, -0.2) is 0 Å². The second kappa shape index (κ2) is 9.11. The molecule has 2 aromatic carbocycles. The van der Waals surface area contributed by atoms with Crippen molar-refractivity contribution in [3.8, 4) is 24.0 Å². The van der Waals surface area contributed by atoms with Gasteiger partial charge in [0.05, 0.1) is 0 Å². The number of allylic oxidation sites excluding steroid dienone is 2. The van der Waals surface area contributed by atoms with E-state index >= 15 is 0 Å². The minimum Gasteiger partial charge on any atom is -0.388 e. The topological polar surface area (TPSA) is 66.0 Å². The largest absolute Gasteiger partial charge is 0.388 e. The molecule has 0 aliphatic heterocycles. The van der Waals surface area contributed by atoms with Crippen LogP contribution in [0.5, 0.6) is 11.5 Å². The standard InChI is InChI=1S/C24H24N2O2/c1-3-17(2)24-14-22(28-16-26)12-13-23(24)20-6-4-18(5-7-20)19-8-10-21(11-9-19)27-15-25/h6,8-14,17-18H,3-5,7H2,1-2H3. The molecule has 0 fully saturated rings. The summed E-state index contributed by atoms with van der Waals surface area (Å²) in [6.45, 7) is 4.39. The molecule has 0 radical (unpaired) electrons. The lowest BCUT2D eigenvalue weighted by Crippen LogP contribution is -2.06. The van der Waals surface area contributed by atoms with E-state index < -0.39 is 0 Å². The quantitative estimate of drug-likeness (QED) is 0.560. The average Bonchev–Trinajstić information content (AvgIpc) is 2.74. The molecule has 0 amide bonds. The van der Waals surface area contributed by atoms with E-state index in [0.29, 0.717) is 23.3 Å². The van der Waals surface area contributed by atoms with Gasteiger partial charge in [-0.05, 0) is 84.0 Å². The second-order valence-corrected chi connectivity index (χ2v) is 7.21. The van der Waals surface area contributed by atoms with Crippen molar-refractivity contribution in [3.05, 3.63) is 65.2 Å². The van der Waals surface area contributed by atoms with Gasteiger partial charge in [-0.15, -0.1) is 10.5 Å². The van der Waals surface area contributed by atoms with Gasteiger partial charge in [0.25, 0.3) is 12.5 Å². The molecule has 28 heavy (non-hydrogen) atoms. The van der Waals surface area contributed by atoms with Crippen molar-refractivity contribution in [2.75, 3.05) is 0 Å². The molecule has 1 aliphatic carbocycles. The van der Waals surface area contributed by atoms with E-state index in [1.807, 2.05) is 24.3 Å². The fraction of sp³-hybridized carbons (Fsp3) is 0.333. The van der Waals surface area contributed by atoms with Crippen molar-refractivity contribution in [3.63, 3.8) is 0 Å². The molecular formula is C24H24N2O2. The summed E-state index contributed by atoms with van der Waals surface area (Å²) in [7, 11) is 0. The lowest BCUT2D eigenvalue weighted by atomic mass is 9.80. The Morgan fingerprint density at radius 2 is 1.71 bits per heavy atom. The molecule has 0 spiro atoms. The molecule has 2 atom stereocenters. The van der Waals surface area contributed by atoms with Crippen LogP contribution in [0.2, 0.25) is 0 Å². The Hall–Kier alpha value is -3.24. The van der Waals surface area contributed by atoms with Gasteiger partial charge in [0.15, 0.2) is 0 Å². The van der Waals surface area contributed by atoms with Crippen molar-refractivity contribution < 1.29 is 9.47 Å². The summed E-state index contributed by atoms with van der Waals surface area (Å²) in [6, 6.07) is 13.8. The van der Waals surface area contributed by atoms with Crippen LogP contribution in [0.3, 0.4) is 0 Å².